The van der Waals surface area contributed by atoms with Gasteiger partial charge in [-0.1, -0.05) is 164 Å². The van der Waals surface area contributed by atoms with E-state index in [1.165, 1.54) is 0 Å². The standard InChI is InChI=1S/C50H32O/c1-4-16-33(17-5-1)36-30-37(34-18-6-2-7-19-34)32-38(31-36)39-26-14-28-45-49(39)50-44(27-15-29-46(50)51-45)48-42-24-12-10-22-40(42)47(35-20-8-3-9-21-35)41-23-11-13-25-43(41)48/h1-32H/i10D,11D,12D,13D,22D,23D,24D,25D. The Kier molecular flexibility index (Phi) is 5.21. The molecule has 0 saturated carbocycles. The summed E-state index contributed by atoms with van der Waals surface area (Å²) in [5.74, 6) is 0. The quantitative estimate of drug-likeness (QED) is 0.168. The lowest BCUT2D eigenvalue weighted by Crippen LogP contribution is -1.91. The molecule has 51 heavy (non-hydrogen) atoms. The molecule has 0 atom stereocenters. The molecule has 10 aromatic rings. The first-order valence-corrected chi connectivity index (χ1v) is 16.9. The zero-order valence-corrected chi connectivity index (χ0v) is 27.3. The zero-order chi connectivity index (χ0) is 40.7. The lowest BCUT2D eigenvalue weighted by molar-refractivity contribution is 0.669. The molecular weight excluding hydrogens is 617 g/mol. The van der Waals surface area contributed by atoms with E-state index in [9.17, 15) is 5.48 Å². The lowest BCUT2D eigenvalue weighted by atomic mass is 9.84. The summed E-state index contributed by atoms with van der Waals surface area (Å²) in [5.41, 5.74) is 8.71. The molecule has 1 aromatic heterocycles. The van der Waals surface area contributed by atoms with Crippen LogP contribution in [0, 0.1) is 0 Å². The molecule has 1 heterocycles. The van der Waals surface area contributed by atoms with Crippen LogP contribution >= 0.6 is 0 Å². The lowest BCUT2D eigenvalue weighted by Gasteiger charge is -2.18. The fourth-order valence-corrected chi connectivity index (χ4v) is 7.48. The molecule has 1 nitrogen and oxygen atoms in total. The van der Waals surface area contributed by atoms with Crippen molar-refractivity contribution < 1.29 is 15.4 Å². The van der Waals surface area contributed by atoms with Crippen LogP contribution in [0.3, 0.4) is 0 Å². The molecule has 0 radical (unpaired) electrons. The van der Waals surface area contributed by atoms with Crippen LogP contribution in [0.4, 0.5) is 0 Å². The van der Waals surface area contributed by atoms with Gasteiger partial charge in [0.1, 0.15) is 11.2 Å². The summed E-state index contributed by atoms with van der Waals surface area (Å²) in [6.45, 7) is 0. The van der Waals surface area contributed by atoms with Crippen molar-refractivity contribution in [2.24, 2.45) is 0 Å². The van der Waals surface area contributed by atoms with Crippen molar-refractivity contribution >= 4 is 43.5 Å². The van der Waals surface area contributed by atoms with Gasteiger partial charge >= 0.3 is 0 Å². The smallest absolute Gasteiger partial charge is 0.136 e. The maximum Gasteiger partial charge on any atom is 0.136 e. The average molecular weight is 657 g/mol. The second kappa shape index (κ2) is 12.0. The predicted octanol–water partition coefficient (Wildman–Crippen LogP) is 14.2. The second-order valence-electron chi connectivity index (χ2n) is 12.6. The molecule has 0 N–H and O–H groups in total. The molecule has 9 aromatic carbocycles. The first-order valence-electron chi connectivity index (χ1n) is 20.9. The van der Waals surface area contributed by atoms with Crippen molar-refractivity contribution in [2.45, 2.75) is 0 Å². The summed E-state index contributed by atoms with van der Waals surface area (Å²) in [7, 11) is 0. The van der Waals surface area contributed by atoms with Crippen molar-refractivity contribution in [2.75, 3.05) is 0 Å². The van der Waals surface area contributed by atoms with Gasteiger partial charge in [-0.25, -0.2) is 0 Å². The first kappa shape index (κ1) is 22.1. The highest BCUT2D eigenvalue weighted by molar-refractivity contribution is 6.27. The van der Waals surface area contributed by atoms with Gasteiger partial charge in [0.25, 0.3) is 0 Å². The first-order chi connectivity index (χ1) is 28.6. The molecule has 0 aliphatic heterocycles. The normalized spacial score (nSPS) is 13.7. The van der Waals surface area contributed by atoms with Gasteiger partial charge in [-0.05, 0) is 108 Å². The third-order valence-electron chi connectivity index (χ3n) is 9.69. The average Bonchev–Trinajstić information content (AvgIpc) is 3.68. The molecule has 0 amide bonds. The minimum absolute atomic E-state index is 0.157. The Hall–Kier alpha value is -6.70. The van der Waals surface area contributed by atoms with Gasteiger partial charge in [0.05, 0.1) is 11.0 Å². The van der Waals surface area contributed by atoms with E-state index in [4.69, 9.17) is 9.90 Å². The predicted molar refractivity (Wildman–Crippen MR) is 216 cm³/mol. The highest BCUT2D eigenvalue weighted by Gasteiger charge is 2.22. The number of hydrogen-bond acceptors (Lipinski definition) is 1. The van der Waals surface area contributed by atoms with Gasteiger partial charge < -0.3 is 4.42 Å². The molecule has 0 aliphatic rings. The number of rotatable bonds is 5. The van der Waals surface area contributed by atoms with Gasteiger partial charge in [0.2, 0.25) is 0 Å². The molecule has 0 saturated heterocycles. The molecule has 1 heteroatoms. The van der Waals surface area contributed by atoms with E-state index in [0.717, 1.165) is 38.8 Å². The van der Waals surface area contributed by atoms with Crippen LogP contribution in [0.15, 0.2) is 198 Å². The maximum absolute atomic E-state index is 9.49. The Bertz CT molecular complexity index is 3200. The molecular formula is C50H32O. The van der Waals surface area contributed by atoms with Crippen molar-refractivity contribution in [1.82, 2.24) is 0 Å². The topological polar surface area (TPSA) is 13.1 Å². The largest absolute Gasteiger partial charge is 0.456 e. The Labute approximate surface area is 307 Å². The maximum atomic E-state index is 9.49. The molecule has 0 fully saturated rings. The van der Waals surface area contributed by atoms with Crippen LogP contribution in [0.5, 0.6) is 0 Å². The summed E-state index contributed by atoms with van der Waals surface area (Å²) in [6, 6.07) is 44.3. The summed E-state index contributed by atoms with van der Waals surface area (Å²) < 4.78 is 79.8. The second-order valence-corrected chi connectivity index (χ2v) is 12.6. The van der Waals surface area contributed by atoms with Gasteiger partial charge in [0, 0.05) is 10.8 Å². The van der Waals surface area contributed by atoms with Gasteiger partial charge in [-0.15, -0.1) is 0 Å². The van der Waals surface area contributed by atoms with Crippen LogP contribution in [-0.4, -0.2) is 0 Å². The van der Waals surface area contributed by atoms with Crippen LogP contribution < -0.4 is 0 Å². The van der Waals surface area contributed by atoms with E-state index in [1.807, 2.05) is 78.9 Å². The van der Waals surface area contributed by atoms with Crippen LogP contribution in [0.1, 0.15) is 11.0 Å². The number of hydrogen-bond donors (Lipinski definition) is 0. The monoisotopic (exact) mass is 656 g/mol. The van der Waals surface area contributed by atoms with Crippen LogP contribution in [-0.2, 0) is 0 Å². The fourth-order valence-electron chi connectivity index (χ4n) is 7.48. The van der Waals surface area contributed by atoms with Gasteiger partial charge in [-0.3, -0.25) is 0 Å². The van der Waals surface area contributed by atoms with Crippen LogP contribution in [0.2, 0.25) is 0 Å². The van der Waals surface area contributed by atoms with E-state index < -0.39 is 24.2 Å². The summed E-state index contributed by atoms with van der Waals surface area (Å²) in [4.78, 5) is 0. The summed E-state index contributed by atoms with van der Waals surface area (Å²) in [5, 5.41) is 2.07. The minimum atomic E-state index is -0.445. The zero-order valence-electron chi connectivity index (χ0n) is 35.3. The van der Waals surface area contributed by atoms with Crippen LogP contribution in [0.25, 0.3) is 99.1 Å². The molecule has 10 rings (SSSR count). The molecule has 0 aliphatic carbocycles. The van der Waals surface area contributed by atoms with Crippen molar-refractivity contribution in [3.63, 3.8) is 0 Å². The van der Waals surface area contributed by atoms with E-state index in [1.54, 1.807) is 24.3 Å². The Morgan fingerprint density at radius 3 is 1.25 bits per heavy atom. The fraction of sp³-hybridized carbons (Fsp3) is 0. The van der Waals surface area contributed by atoms with E-state index in [2.05, 4.69) is 42.5 Å². The number of benzene rings is 9. The van der Waals surface area contributed by atoms with E-state index in [-0.39, 0.29) is 51.3 Å². The molecule has 238 valence electrons. The van der Waals surface area contributed by atoms with E-state index in [0.29, 0.717) is 33.2 Å². The van der Waals surface area contributed by atoms with Crippen molar-refractivity contribution in [3.05, 3.63) is 194 Å². The minimum Gasteiger partial charge on any atom is -0.456 e. The van der Waals surface area contributed by atoms with E-state index >= 15 is 0 Å². The summed E-state index contributed by atoms with van der Waals surface area (Å²) in [6.07, 6.45) is 0. The Morgan fingerprint density at radius 2 is 0.745 bits per heavy atom. The summed E-state index contributed by atoms with van der Waals surface area (Å²) >= 11 is 0. The highest BCUT2D eigenvalue weighted by atomic mass is 16.3. The Balaban J connectivity index is 1.40. The third-order valence-corrected chi connectivity index (χ3v) is 9.69. The van der Waals surface area contributed by atoms with Crippen molar-refractivity contribution in [1.29, 1.82) is 0 Å². The number of fused-ring (bicyclic) bond motifs is 5. The number of furan rings is 1. The Morgan fingerprint density at radius 1 is 0.333 bits per heavy atom. The molecule has 0 unspecified atom stereocenters. The SMILES string of the molecule is [2H]c1c([2H])c([2H])c2c(-c3cccc4oc5cccc(-c6cc(-c7ccccc7)cc(-c7ccccc7)c6)c5c34)c3c([2H])c([2H])c([2H])c([2H])c3c(-c3ccccc3)c2c1[2H]. The van der Waals surface area contributed by atoms with Gasteiger partial charge in [0.15, 0.2) is 0 Å². The van der Waals surface area contributed by atoms with Crippen molar-refractivity contribution in [3.8, 4) is 55.6 Å². The highest BCUT2D eigenvalue weighted by Crippen LogP contribution is 2.48. The van der Waals surface area contributed by atoms with Gasteiger partial charge in [-0.2, -0.15) is 0 Å². The molecule has 0 bridgehead atoms. The molecule has 0 spiro atoms. The third kappa shape index (κ3) is 4.86.